The number of aromatic nitrogens is 4. The molecule has 0 bridgehead atoms. The first kappa shape index (κ1) is 12.1. The summed E-state index contributed by atoms with van der Waals surface area (Å²) in [6, 6.07) is 0. The molecule has 2 heterocycles. The van der Waals surface area contributed by atoms with Crippen LogP contribution in [0.2, 0.25) is 0 Å². The fourth-order valence-corrected chi connectivity index (χ4v) is 1.96. The third-order valence-electron chi connectivity index (χ3n) is 1.87. The second-order valence-corrected chi connectivity index (χ2v) is 4.77. The van der Waals surface area contributed by atoms with Crippen LogP contribution in [0.1, 0.15) is 0 Å². The van der Waals surface area contributed by atoms with Crippen molar-refractivity contribution in [2.75, 3.05) is 10.1 Å². The summed E-state index contributed by atoms with van der Waals surface area (Å²) >= 11 is 0. The van der Waals surface area contributed by atoms with Crippen LogP contribution < -0.4 is 16.0 Å². The summed E-state index contributed by atoms with van der Waals surface area (Å²) in [7, 11) is -3.78. The minimum absolute atomic E-state index is 0.104. The van der Waals surface area contributed by atoms with Crippen molar-refractivity contribution in [1.29, 1.82) is 0 Å². The summed E-state index contributed by atoms with van der Waals surface area (Å²) < 4.78 is 26.0. The molecule has 0 saturated carbocycles. The van der Waals surface area contributed by atoms with E-state index in [2.05, 4.69) is 30.1 Å². The van der Waals surface area contributed by atoms with Gasteiger partial charge in [0, 0.05) is 12.4 Å². The van der Waals surface area contributed by atoms with Gasteiger partial charge in [-0.1, -0.05) is 0 Å². The van der Waals surface area contributed by atoms with Gasteiger partial charge in [-0.3, -0.25) is 15.1 Å². The Morgan fingerprint density at radius 3 is 2.33 bits per heavy atom. The van der Waals surface area contributed by atoms with Crippen molar-refractivity contribution in [2.45, 2.75) is 4.90 Å². The van der Waals surface area contributed by atoms with E-state index in [1.165, 1.54) is 18.6 Å². The zero-order valence-electron chi connectivity index (χ0n) is 8.98. The average molecular weight is 267 g/mol. The van der Waals surface area contributed by atoms with Crippen LogP contribution in [0.15, 0.2) is 35.9 Å². The fourth-order valence-electron chi connectivity index (χ4n) is 1.08. The standard InChI is InChI=1S/C8H9N7O2S/c9-14-8-12-3-6(4-13-8)18(16,17)15-7-5-10-1-2-11-7/h1-5H,9H2,(H,11,15)(H,12,13,14). The van der Waals surface area contributed by atoms with Gasteiger partial charge in [-0.25, -0.2) is 29.2 Å². The number of nitrogens with two attached hydrogens (primary N) is 1. The number of nitrogens with zero attached hydrogens (tertiary/aromatic N) is 4. The Morgan fingerprint density at radius 2 is 1.78 bits per heavy atom. The highest BCUT2D eigenvalue weighted by molar-refractivity contribution is 7.92. The lowest BCUT2D eigenvalue weighted by Gasteiger charge is -2.06. The largest absolute Gasteiger partial charge is 0.292 e. The molecule has 0 spiro atoms. The zero-order valence-corrected chi connectivity index (χ0v) is 9.79. The van der Waals surface area contributed by atoms with Crippen LogP contribution in [0.3, 0.4) is 0 Å². The van der Waals surface area contributed by atoms with E-state index in [1.807, 2.05) is 0 Å². The smallest absolute Gasteiger partial charge is 0.266 e. The summed E-state index contributed by atoms with van der Waals surface area (Å²) in [4.78, 5) is 14.8. The van der Waals surface area contributed by atoms with Crippen molar-refractivity contribution in [1.82, 2.24) is 19.9 Å². The van der Waals surface area contributed by atoms with E-state index in [0.29, 0.717) is 0 Å². The van der Waals surface area contributed by atoms with Crippen molar-refractivity contribution < 1.29 is 8.42 Å². The molecule has 2 aromatic heterocycles. The molecule has 0 aromatic carbocycles. The molecule has 0 amide bonds. The molecule has 10 heteroatoms. The van der Waals surface area contributed by atoms with Gasteiger partial charge in [-0.15, -0.1) is 0 Å². The van der Waals surface area contributed by atoms with E-state index in [0.717, 1.165) is 12.4 Å². The molecule has 94 valence electrons. The molecule has 0 saturated heterocycles. The molecule has 0 unspecified atom stereocenters. The molecule has 0 aliphatic heterocycles. The number of anilines is 2. The van der Waals surface area contributed by atoms with Crippen LogP contribution in [-0.4, -0.2) is 28.4 Å². The summed E-state index contributed by atoms with van der Waals surface area (Å²) in [5, 5.41) is 0. The Morgan fingerprint density at radius 1 is 1.06 bits per heavy atom. The number of hydrazine groups is 1. The van der Waals surface area contributed by atoms with E-state index in [9.17, 15) is 8.42 Å². The zero-order chi connectivity index (χ0) is 13.0. The van der Waals surface area contributed by atoms with Crippen LogP contribution in [0, 0.1) is 0 Å². The summed E-state index contributed by atoms with van der Waals surface area (Å²) in [5.74, 6) is 5.30. The maximum atomic E-state index is 11.9. The lowest BCUT2D eigenvalue weighted by Crippen LogP contribution is -2.16. The highest BCUT2D eigenvalue weighted by Gasteiger charge is 2.15. The number of hydrogen-bond acceptors (Lipinski definition) is 8. The van der Waals surface area contributed by atoms with Crippen LogP contribution in [0.5, 0.6) is 0 Å². The van der Waals surface area contributed by atoms with Gasteiger partial charge in [0.1, 0.15) is 4.90 Å². The number of rotatable bonds is 4. The predicted molar refractivity (Wildman–Crippen MR) is 62.7 cm³/mol. The van der Waals surface area contributed by atoms with E-state index >= 15 is 0 Å². The highest BCUT2D eigenvalue weighted by atomic mass is 32.2. The van der Waals surface area contributed by atoms with Crippen molar-refractivity contribution in [3.8, 4) is 0 Å². The Balaban J connectivity index is 2.25. The lowest BCUT2D eigenvalue weighted by molar-refractivity contribution is 0.600. The van der Waals surface area contributed by atoms with Crippen molar-refractivity contribution in [3.05, 3.63) is 31.0 Å². The molecular formula is C8H9N7O2S. The minimum Gasteiger partial charge on any atom is -0.292 e. The average Bonchev–Trinajstić information content (AvgIpc) is 2.39. The van der Waals surface area contributed by atoms with Gasteiger partial charge in [0.15, 0.2) is 5.82 Å². The first-order chi connectivity index (χ1) is 8.62. The van der Waals surface area contributed by atoms with Gasteiger partial charge in [0.25, 0.3) is 10.0 Å². The molecule has 0 fully saturated rings. The maximum absolute atomic E-state index is 11.9. The quantitative estimate of drug-likeness (QED) is 0.491. The van der Waals surface area contributed by atoms with Gasteiger partial charge in [0.2, 0.25) is 5.95 Å². The summed E-state index contributed by atoms with van der Waals surface area (Å²) in [6.45, 7) is 0. The number of hydrogen-bond donors (Lipinski definition) is 3. The minimum atomic E-state index is -3.78. The number of sulfonamides is 1. The van der Waals surface area contributed by atoms with Gasteiger partial charge >= 0.3 is 0 Å². The van der Waals surface area contributed by atoms with Gasteiger partial charge in [-0.2, -0.15) is 0 Å². The molecule has 2 aromatic rings. The topological polar surface area (TPSA) is 136 Å². The molecule has 18 heavy (non-hydrogen) atoms. The maximum Gasteiger partial charge on any atom is 0.266 e. The Hall–Kier alpha value is -2.33. The molecular weight excluding hydrogens is 258 g/mol. The fraction of sp³-hybridized carbons (Fsp3) is 0. The van der Waals surface area contributed by atoms with E-state index in [4.69, 9.17) is 5.84 Å². The van der Waals surface area contributed by atoms with E-state index in [-0.39, 0.29) is 16.7 Å². The molecule has 4 N–H and O–H groups in total. The molecule has 9 nitrogen and oxygen atoms in total. The second kappa shape index (κ2) is 4.89. The van der Waals surface area contributed by atoms with Gasteiger partial charge < -0.3 is 0 Å². The third kappa shape index (κ3) is 2.67. The summed E-state index contributed by atoms with van der Waals surface area (Å²) in [6.07, 6.45) is 6.34. The van der Waals surface area contributed by atoms with E-state index in [1.54, 1.807) is 0 Å². The normalized spacial score (nSPS) is 10.9. The molecule has 0 aliphatic carbocycles. The number of nitrogens with one attached hydrogen (secondary N) is 2. The van der Waals surface area contributed by atoms with Gasteiger partial charge in [-0.05, 0) is 0 Å². The van der Waals surface area contributed by atoms with Crippen LogP contribution in [-0.2, 0) is 10.0 Å². The first-order valence-electron chi connectivity index (χ1n) is 4.69. The summed E-state index contributed by atoms with van der Waals surface area (Å²) in [5.41, 5.74) is 2.20. The molecule has 0 radical (unpaired) electrons. The van der Waals surface area contributed by atoms with Crippen LogP contribution in [0.4, 0.5) is 11.8 Å². The van der Waals surface area contributed by atoms with Crippen LogP contribution in [0.25, 0.3) is 0 Å². The first-order valence-corrected chi connectivity index (χ1v) is 6.17. The molecule has 0 aliphatic rings. The predicted octanol–water partition coefficient (Wildman–Crippen LogP) is -0.647. The number of nitrogen functional groups attached to an aromatic ring is 1. The monoisotopic (exact) mass is 267 g/mol. The highest BCUT2D eigenvalue weighted by Crippen LogP contribution is 2.11. The van der Waals surface area contributed by atoms with Crippen molar-refractivity contribution in [2.24, 2.45) is 5.84 Å². The van der Waals surface area contributed by atoms with Crippen LogP contribution >= 0.6 is 0 Å². The second-order valence-electron chi connectivity index (χ2n) is 3.08. The molecule has 2 rings (SSSR count). The van der Waals surface area contributed by atoms with Crippen molar-refractivity contribution >= 4 is 21.8 Å². The van der Waals surface area contributed by atoms with Crippen molar-refractivity contribution in [3.63, 3.8) is 0 Å². The lowest BCUT2D eigenvalue weighted by atomic mass is 10.7. The Kier molecular flexibility index (Phi) is 3.30. The Labute approximate surface area is 103 Å². The van der Waals surface area contributed by atoms with E-state index < -0.39 is 10.0 Å². The third-order valence-corrected chi connectivity index (χ3v) is 3.18. The molecule has 0 atom stereocenters. The Bertz CT molecular complexity index is 614. The van der Waals surface area contributed by atoms with Gasteiger partial charge in [0.05, 0.1) is 18.6 Å². The SMILES string of the molecule is NNc1ncc(S(=O)(=O)Nc2cnccn2)cn1.